The molecule has 0 aliphatic rings. The second-order valence-corrected chi connectivity index (χ2v) is 7.61. The molecule has 2 N–H and O–H groups in total. The van der Waals surface area contributed by atoms with Gasteiger partial charge in [0.15, 0.2) is 5.82 Å². The molecule has 0 bridgehead atoms. The number of aromatic nitrogens is 5. The van der Waals surface area contributed by atoms with E-state index >= 15 is 0 Å². The Balaban J connectivity index is 1.55. The van der Waals surface area contributed by atoms with Crippen LogP contribution in [0.25, 0.3) is 22.1 Å². The van der Waals surface area contributed by atoms with E-state index in [1.165, 1.54) is 33.8 Å². The summed E-state index contributed by atoms with van der Waals surface area (Å²) in [6.07, 6.45) is 0. The normalized spacial score (nSPS) is 12.4. The van der Waals surface area contributed by atoms with Crippen LogP contribution in [0.2, 0.25) is 0 Å². The first-order valence-electron chi connectivity index (χ1n) is 7.63. The summed E-state index contributed by atoms with van der Waals surface area (Å²) >= 11 is 2.84. The third-order valence-corrected chi connectivity index (χ3v) is 5.50. The highest BCUT2D eigenvalue weighted by Gasteiger charge is 2.22. The van der Waals surface area contributed by atoms with Gasteiger partial charge in [-0.25, -0.2) is 9.07 Å². The monoisotopic (exact) mass is 388 g/mol. The van der Waals surface area contributed by atoms with Crippen LogP contribution in [0.1, 0.15) is 18.1 Å². The minimum atomic E-state index is -0.409. The summed E-state index contributed by atoms with van der Waals surface area (Å²) in [4.78, 5) is 5.34. The van der Waals surface area contributed by atoms with Crippen molar-refractivity contribution in [3.63, 3.8) is 0 Å². The van der Waals surface area contributed by atoms with Crippen LogP contribution in [0.5, 0.6) is 0 Å². The van der Waals surface area contributed by atoms with E-state index in [-0.39, 0.29) is 11.1 Å². The molecule has 26 heavy (non-hydrogen) atoms. The van der Waals surface area contributed by atoms with Crippen molar-refractivity contribution in [3.8, 4) is 22.1 Å². The quantitative estimate of drug-likeness (QED) is 0.411. The molecular formula is C16H13FN6OS2. The standard InChI is InChI=1S/C16H13FN6OS2/c1-9(15-19-13(22-24-15)12-7-4-8-25-12)26-16-21-20-14(23(16)18)10-5-2-3-6-11(10)17/h2-9H,18H2,1H3. The van der Waals surface area contributed by atoms with Gasteiger partial charge in [-0.05, 0) is 30.5 Å². The Hall–Kier alpha value is -2.72. The van der Waals surface area contributed by atoms with E-state index in [4.69, 9.17) is 10.4 Å². The Morgan fingerprint density at radius 1 is 1.23 bits per heavy atom. The van der Waals surface area contributed by atoms with Gasteiger partial charge in [0.25, 0.3) is 0 Å². The van der Waals surface area contributed by atoms with Gasteiger partial charge in [-0.15, -0.1) is 21.5 Å². The predicted octanol–water partition coefficient (Wildman–Crippen LogP) is 3.76. The molecule has 4 rings (SSSR count). The molecular weight excluding hydrogens is 375 g/mol. The Kier molecular flexibility index (Phi) is 4.43. The maximum Gasteiger partial charge on any atom is 0.240 e. The first-order valence-corrected chi connectivity index (χ1v) is 9.39. The van der Waals surface area contributed by atoms with Crippen molar-refractivity contribution in [2.24, 2.45) is 0 Å². The zero-order chi connectivity index (χ0) is 18.1. The molecule has 0 aliphatic heterocycles. The summed E-state index contributed by atoms with van der Waals surface area (Å²) in [5, 5.41) is 14.2. The number of benzene rings is 1. The summed E-state index contributed by atoms with van der Waals surface area (Å²) in [6.45, 7) is 1.90. The van der Waals surface area contributed by atoms with Crippen molar-refractivity contribution >= 4 is 23.1 Å². The maximum atomic E-state index is 14.0. The van der Waals surface area contributed by atoms with Gasteiger partial charge in [-0.1, -0.05) is 35.1 Å². The third kappa shape index (κ3) is 3.08. The molecule has 7 nitrogen and oxygen atoms in total. The number of halogens is 1. The summed E-state index contributed by atoms with van der Waals surface area (Å²) in [5.41, 5.74) is 0.291. The zero-order valence-corrected chi connectivity index (χ0v) is 15.2. The molecule has 10 heteroatoms. The van der Waals surface area contributed by atoms with Crippen molar-refractivity contribution in [1.29, 1.82) is 0 Å². The van der Waals surface area contributed by atoms with Crippen LogP contribution in [0.3, 0.4) is 0 Å². The molecule has 4 aromatic rings. The minimum absolute atomic E-state index is 0.198. The molecule has 1 aromatic carbocycles. The van der Waals surface area contributed by atoms with Crippen LogP contribution in [0.15, 0.2) is 51.5 Å². The highest BCUT2D eigenvalue weighted by molar-refractivity contribution is 7.99. The van der Waals surface area contributed by atoms with E-state index in [2.05, 4.69) is 20.3 Å². The van der Waals surface area contributed by atoms with E-state index < -0.39 is 5.82 Å². The zero-order valence-electron chi connectivity index (χ0n) is 13.5. The van der Waals surface area contributed by atoms with Crippen LogP contribution >= 0.6 is 23.1 Å². The number of nitrogen functional groups attached to an aromatic ring is 1. The van der Waals surface area contributed by atoms with Gasteiger partial charge in [0.05, 0.1) is 15.7 Å². The lowest BCUT2D eigenvalue weighted by molar-refractivity contribution is 0.380. The van der Waals surface area contributed by atoms with E-state index in [9.17, 15) is 4.39 Å². The maximum absolute atomic E-state index is 14.0. The van der Waals surface area contributed by atoms with Crippen molar-refractivity contribution in [1.82, 2.24) is 25.0 Å². The first-order chi connectivity index (χ1) is 12.6. The second-order valence-electron chi connectivity index (χ2n) is 5.35. The number of hydrogen-bond donors (Lipinski definition) is 1. The highest BCUT2D eigenvalue weighted by atomic mass is 32.2. The number of nitrogens with zero attached hydrogens (tertiary/aromatic N) is 5. The molecule has 0 saturated carbocycles. The average Bonchev–Trinajstić information content (AvgIpc) is 3.37. The van der Waals surface area contributed by atoms with E-state index in [0.717, 1.165) is 4.88 Å². The summed E-state index contributed by atoms with van der Waals surface area (Å²) in [6, 6.07) is 10.1. The summed E-state index contributed by atoms with van der Waals surface area (Å²) in [5.74, 6) is 6.89. The SMILES string of the molecule is CC(Sc1nnc(-c2ccccc2F)n1N)c1nc(-c2cccs2)no1. The summed E-state index contributed by atoms with van der Waals surface area (Å²) in [7, 11) is 0. The van der Waals surface area contributed by atoms with E-state index in [1.807, 2.05) is 24.4 Å². The fraction of sp³-hybridized carbons (Fsp3) is 0.125. The number of nitrogens with two attached hydrogens (primary N) is 1. The molecule has 0 amide bonds. The van der Waals surface area contributed by atoms with Crippen LogP contribution < -0.4 is 5.84 Å². The molecule has 0 aliphatic carbocycles. The van der Waals surface area contributed by atoms with Gasteiger partial charge >= 0.3 is 0 Å². The van der Waals surface area contributed by atoms with Crippen molar-refractivity contribution in [3.05, 3.63) is 53.5 Å². The number of thiophene rings is 1. The van der Waals surface area contributed by atoms with E-state index in [1.54, 1.807) is 18.2 Å². The Bertz CT molecular complexity index is 1030. The number of thioether (sulfide) groups is 1. The fourth-order valence-electron chi connectivity index (χ4n) is 2.30. The van der Waals surface area contributed by atoms with Crippen LogP contribution in [0, 0.1) is 5.82 Å². The lowest BCUT2D eigenvalue weighted by Crippen LogP contribution is -2.12. The molecule has 1 unspecified atom stereocenters. The molecule has 0 spiro atoms. The van der Waals surface area contributed by atoms with Gasteiger partial charge < -0.3 is 10.4 Å². The fourth-order valence-corrected chi connectivity index (χ4v) is 3.75. The average molecular weight is 388 g/mol. The van der Waals surface area contributed by atoms with E-state index in [0.29, 0.717) is 22.4 Å². The molecule has 3 aromatic heterocycles. The van der Waals surface area contributed by atoms with Crippen LogP contribution in [0.4, 0.5) is 4.39 Å². The smallest absolute Gasteiger partial charge is 0.240 e. The Morgan fingerprint density at radius 2 is 2.08 bits per heavy atom. The van der Waals surface area contributed by atoms with Gasteiger partial charge in [-0.3, -0.25) is 0 Å². The van der Waals surface area contributed by atoms with Crippen molar-refractivity contribution in [2.45, 2.75) is 17.3 Å². The van der Waals surface area contributed by atoms with Crippen LogP contribution in [-0.2, 0) is 0 Å². The van der Waals surface area contributed by atoms with Crippen LogP contribution in [-0.4, -0.2) is 25.0 Å². The van der Waals surface area contributed by atoms with Gasteiger partial charge in [0.1, 0.15) is 5.82 Å². The first kappa shape index (κ1) is 16.7. The number of rotatable bonds is 5. The largest absolute Gasteiger partial charge is 0.338 e. The molecule has 1 atom stereocenters. The summed E-state index contributed by atoms with van der Waals surface area (Å²) < 4.78 is 20.6. The third-order valence-electron chi connectivity index (χ3n) is 3.59. The van der Waals surface area contributed by atoms with Gasteiger partial charge in [0.2, 0.25) is 16.9 Å². The molecule has 0 fully saturated rings. The van der Waals surface area contributed by atoms with Gasteiger partial charge in [0, 0.05) is 0 Å². The lowest BCUT2D eigenvalue weighted by atomic mass is 10.2. The molecule has 132 valence electrons. The molecule has 0 radical (unpaired) electrons. The molecule has 0 saturated heterocycles. The Morgan fingerprint density at radius 3 is 2.85 bits per heavy atom. The number of hydrogen-bond acceptors (Lipinski definition) is 8. The van der Waals surface area contributed by atoms with Crippen molar-refractivity contribution < 1.29 is 8.91 Å². The Labute approximate surface area is 156 Å². The second kappa shape index (κ2) is 6.89. The lowest BCUT2D eigenvalue weighted by Gasteiger charge is -2.06. The predicted molar refractivity (Wildman–Crippen MR) is 97.4 cm³/mol. The topological polar surface area (TPSA) is 95.7 Å². The minimum Gasteiger partial charge on any atom is -0.338 e. The van der Waals surface area contributed by atoms with Gasteiger partial charge in [-0.2, -0.15) is 4.98 Å². The molecule has 3 heterocycles. The highest BCUT2D eigenvalue weighted by Crippen LogP contribution is 2.35. The van der Waals surface area contributed by atoms with Crippen molar-refractivity contribution in [2.75, 3.05) is 5.84 Å².